The molecule has 0 aliphatic rings. The van der Waals surface area contributed by atoms with Crippen molar-refractivity contribution in [3.05, 3.63) is 57.6 Å². The molecule has 2 aromatic rings. The van der Waals surface area contributed by atoms with Crippen molar-refractivity contribution in [1.82, 2.24) is 0 Å². The van der Waals surface area contributed by atoms with Crippen LogP contribution in [0.5, 0.6) is 11.5 Å². The molecule has 0 heterocycles. The summed E-state index contributed by atoms with van der Waals surface area (Å²) in [5.41, 5.74) is 8.19. The molecule has 0 fully saturated rings. The maximum Gasteiger partial charge on any atom is 0.187 e. The van der Waals surface area contributed by atoms with Crippen LogP contribution >= 0.6 is 15.9 Å². The third-order valence-electron chi connectivity index (χ3n) is 4.44. The van der Waals surface area contributed by atoms with Gasteiger partial charge >= 0.3 is 0 Å². The highest BCUT2D eigenvalue weighted by atomic mass is 79.9. The minimum atomic E-state index is -0.684. The molecule has 156 valence electrons. The maximum atomic E-state index is 12.6. The second kappa shape index (κ2) is 10.0. The average molecular weight is 463 g/mol. The van der Waals surface area contributed by atoms with Crippen molar-refractivity contribution in [3.63, 3.8) is 0 Å². The highest BCUT2D eigenvalue weighted by Crippen LogP contribution is 2.35. The number of carbonyl (C=O) groups excluding carboxylic acids is 1. The Morgan fingerprint density at radius 1 is 1.14 bits per heavy atom. The Hall–Kier alpha value is -2.22. The van der Waals surface area contributed by atoms with Gasteiger partial charge in [-0.1, -0.05) is 24.3 Å². The number of ketones is 1. The first-order chi connectivity index (χ1) is 13.7. The third-order valence-corrected chi connectivity index (χ3v) is 5.22. The summed E-state index contributed by atoms with van der Waals surface area (Å²) in [6.07, 6.45) is 0.929. The predicted octanol–water partition coefficient (Wildman–Crippen LogP) is 4.04. The SMILES string of the molecule is COc1cc(C=NCC(=O)C(OC)c2ccc(C(C)(C)N)cc2)cc(OC)c1Br. The first kappa shape index (κ1) is 23.1. The van der Waals surface area contributed by atoms with Gasteiger partial charge in [0, 0.05) is 18.9 Å². The van der Waals surface area contributed by atoms with Gasteiger partial charge < -0.3 is 19.9 Å². The Morgan fingerprint density at radius 3 is 2.14 bits per heavy atom. The lowest BCUT2D eigenvalue weighted by molar-refractivity contribution is -0.127. The summed E-state index contributed by atoms with van der Waals surface area (Å²) >= 11 is 3.43. The Kier molecular flexibility index (Phi) is 7.96. The minimum Gasteiger partial charge on any atom is -0.495 e. The molecular formula is C22H27BrN2O4. The van der Waals surface area contributed by atoms with Crippen molar-refractivity contribution >= 4 is 27.9 Å². The van der Waals surface area contributed by atoms with Crippen LogP contribution in [0.1, 0.15) is 36.6 Å². The van der Waals surface area contributed by atoms with Crippen LogP contribution in [0.4, 0.5) is 0 Å². The van der Waals surface area contributed by atoms with Gasteiger partial charge in [0.2, 0.25) is 0 Å². The van der Waals surface area contributed by atoms with E-state index >= 15 is 0 Å². The number of Topliss-reactive ketones (excluding diaryl/α,β-unsaturated/α-hetero) is 1. The maximum absolute atomic E-state index is 12.6. The van der Waals surface area contributed by atoms with Crippen molar-refractivity contribution in [2.75, 3.05) is 27.9 Å². The number of rotatable bonds is 9. The quantitative estimate of drug-likeness (QED) is 0.568. The average Bonchev–Trinajstić information content (AvgIpc) is 2.69. The first-order valence-corrected chi connectivity index (χ1v) is 9.86. The molecule has 6 nitrogen and oxygen atoms in total. The Labute approximate surface area is 180 Å². The summed E-state index contributed by atoms with van der Waals surface area (Å²) in [4.78, 5) is 16.9. The van der Waals surface area contributed by atoms with Gasteiger partial charge in [0.25, 0.3) is 0 Å². The van der Waals surface area contributed by atoms with Crippen LogP contribution in [0.2, 0.25) is 0 Å². The summed E-state index contributed by atoms with van der Waals surface area (Å²) < 4.78 is 16.8. The Morgan fingerprint density at radius 2 is 1.69 bits per heavy atom. The van der Waals surface area contributed by atoms with Crippen molar-refractivity contribution in [2.45, 2.75) is 25.5 Å². The number of nitrogens with two attached hydrogens (primary N) is 1. The van der Waals surface area contributed by atoms with Crippen LogP contribution in [-0.4, -0.2) is 39.9 Å². The lowest BCUT2D eigenvalue weighted by Gasteiger charge is -2.20. The van der Waals surface area contributed by atoms with Gasteiger partial charge in [-0.25, -0.2) is 0 Å². The van der Waals surface area contributed by atoms with Crippen LogP contribution in [0.15, 0.2) is 45.9 Å². The molecule has 0 radical (unpaired) electrons. The van der Waals surface area contributed by atoms with Gasteiger partial charge in [-0.15, -0.1) is 0 Å². The Bertz CT molecular complexity index is 848. The number of benzene rings is 2. The van der Waals surface area contributed by atoms with E-state index in [1.165, 1.54) is 7.11 Å². The molecule has 0 aromatic heterocycles. The third kappa shape index (κ3) is 5.88. The fourth-order valence-corrected chi connectivity index (χ4v) is 3.38. The largest absolute Gasteiger partial charge is 0.495 e. The fraction of sp³-hybridized carbons (Fsp3) is 0.364. The normalized spacial score (nSPS) is 12.8. The van der Waals surface area contributed by atoms with Crippen LogP contribution in [0.3, 0.4) is 0 Å². The van der Waals surface area contributed by atoms with Crippen LogP contribution in [0.25, 0.3) is 0 Å². The van der Waals surface area contributed by atoms with E-state index in [1.54, 1.807) is 20.4 Å². The number of hydrogen-bond acceptors (Lipinski definition) is 6. The number of aliphatic imine (C=N–C) groups is 1. The predicted molar refractivity (Wildman–Crippen MR) is 118 cm³/mol. The molecule has 2 rings (SSSR count). The molecule has 29 heavy (non-hydrogen) atoms. The topological polar surface area (TPSA) is 83.1 Å². The number of carbonyl (C=O) groups is 1. The zero-order chi connectivity index (χ0) is 21.6. The van der Waals surface area contributed by atoms with Crippen molar-refractivity contribution in [3.8, 4) is 11.5 Å². The van der Waals surface area contributed by atoms with Crippen LogP contribution in [0, 0.1) is 0 Å². The molecule has 1 atom stereocenters. The van der Waals surface area contributed by atoms with E-state index in [0.717, 1.165) is 21.2 Å². The lowest BCUT2D eigenvalue weighted by atomic mass is 9.93. The highest BCUT2D eigenvalue weighted by molar-refractivity contribution is 9.10. The van der Waals surface area contributed by atoms with Crippen molar-refractivity contribution in [2.24, 2.45) is 10.7 Å². The number of ether oxygens (including phenoxy) is 3. The Balaban J connectivity index is 2.12. The van der Waals surface area contributed by atoms with Crippen LogP contribution < -0.4 is 15.2 Å². The monoisotopic (exact) mass is 462 g/mol. The van der Waals surface area contributed by atoms with Gasteiger partial charge in [0.1, 0.15) is 28.6 Å². The van der Waals surface area contributed by atoms with Gasteiger partial charge in [-0.05, 0) is 58.6 Å². The van der Waals surface area contributed by atoms with E-state index in [0.29, 0.717) is 11.5 Å². The smallest absolute Gasteiger partial charge is 0.187 e. The second-order valence-corrected chi connectivity index (χ2v) is 7.93. The molecule has 0 saturated heterocycles. The summed E-state index contributed by atoms with van der Waals surface area (Å²) in [6.45, 7) is 3.85. The standard InChI is InChI=1S/C22H27BrN2O4/c1-22(2,24)16-8-6-15(7-9-16)21(29-5)17(26)13-25-12-14-10-18(27-3)20(23)19(11-14)28-4/h6-12,21H,13,24H2,1-5H3. The number of hydrogen-bond donors (Lipinski definition) is 1. The summed E-state index contributed by atoms with van der Waals surface area (Å²) in [5.74, 6) is 1.10. The van der Waals surface area contributed by atoms with E-state index in [1.807, 2.05) is 50.2 Å². The minimum absolute atomic E-state index is 0.0106. The summed E-state index contributed by atoms with van der Waals surface area (Å²) in [6, 6.07) is 11.2. The molecule has 0 saturated carbocycles. The van der Waals surface area contributed by atoms with Gasteiger partial charge in [-0.2, -0.15) is 0 Å². The van der Waals surface area contributed by atoms with Crippen molar-refractivity contribution < 1.29 is 19.0 Å². The van der Waals surface area contributed by atoms with E-state index in [-0.39, 0.29) is 12.3 Å². The first-order valence-electron chi connectivity index (χ1n) is 9.07. The van der Waals surface area contributed by atoms with Crippen LogP contribution in [-0.2, 0) is 15.1 Å². The summed E-state index contributed by atoms with van der Waals surface area (Å²) in [5, 5.41) is 0. The second-order valence-electron chi connectivity index (χ2n) is 7.13. The molecule has 0 aliphatic carbocycles. The molecule has 2 aromatic carbocycles. The fourth-order valence-electron chi connectivity index (χ4n) is 2.83. The van der Waals surface area contributed by atoms with E-state index in [9.17, 15) is 4.79 Å². The molecule has 0 bridgehead atoms. The van der Waals surface area contributed by atoms with Gasteiger partial charge in [-0.3, -0.25) is 9.79 Å². The molecule has 0 aliphatic heterocycles. The number of nitrogens with zero attached hydrogens (tertiary/aromatic N) is 1. The molecule has 2 N–H and O–H groups in total. The summed E-state index contributed by atoms with van der Waals surface area (Å²) in [7, 11) is 4.66. The molecule has 7 heteroatoms. The highest BCUT2D eigenvalue weighted by Gasteiger charge is 2.21. The van der Waals surface area contributed by atoms with E-state index < -0.39 is 11.6 Å². The lowest BCUT2D eigenvalue weighted by Crippen LogP contribution is -2.28. The van der Waals surface area contributed by atoms with Gasteiger partial charge in [0.05, 0.1) is 14.2 Å². The zero-order valence-electron chi connectivity index (χ0n) is 17.4. The van der Waals surface area contributed by atoms with Gasteiger partial charge in [0.15, 0.2) is 5.78 Å². The molecule has 0 spiro atoms. The molecular weight excluding hydrogens is 436 g/mol. The zero-order valence-corrected chi connectivity index (χ0v) is 18.9. The number of halogens is 1. The molecule has 1 unspecified atom stereocenters. The van der Waals surface area contributed by atoms with E-state index in [2.05, 4.69) is 20.9 Å². The van der Waals surface area contributed by atoms with Crippen molar-refractivity contribution in [1.29, 1.82) is 0 Å². The molecule has 0 amide bonds. The number of methoxy groups -OCH3 is 3. The van der Waals surface area contributed by atoms with E-state index in [4.69, 9.17) is 19.9 Å².